The Morgan fingerprint density at radius 2 is 2.05 bits per heavy atom. The Hall–Kier alpha value is -1.55. The van der Waals surface area contributed by atoms with Crippen LogP contribution in [0, 0.1) is 11.8 Å². The lowest BCUT2D eigenvalue weighted by atomic mass is 10.1. The number of hydrogen-bond donors (Lipinski definition) is 1. The first-order valence-electron chi connectivity index (χ1n) is 7.44. The molecule has 1 saturated heterocycles. The molecule has 1 aliphatic carbocycles. The predicted molar refractivity (Wildman–Crippen MR) is 77.3 cm³/mol. The van der Waals surface area contributed by atoms with Crippen molar-refractivity contribution in [2.75, 3.05) is 19.7 Å². The maximum atomic E-state index is 12.0. The van der Waals surface area contributed by atoms with E-state index in [-0.39, 0.29) is 12.1 Å². The molecule has 4 nitrogen and oxygen atoms in total. The van der Waals surface area contributed by atoms with Crippen LogP contribution >= 0.6 is 0 Å². The fourth-order valence-electron chi connectivity index (χ4n) is 2.86. The summed E-state index contributed by atoms with van der Waals surface area (Å²) in [5.74, 6) is 2.54. The number of carbonyl (C=O) groups excluding carboxylic acids is 1. The average Bonchev–Trinajstić information content (AvgIpc) is 3.02. The molecule has 1 N–H and O–H groups in total. The lowest BCUT2D eigenvalue weighted by Gasteiger charge is -2.25. The minimum Gasteiger partial charge on any atom is -0.494 e. The van der Waals surface area contributed by atoms with Crippen molar-refractivity contribution in [2.24, 2.45) is 11.8 Å². The van der Waals surface area contributed by atoms with Crippen LogP contribution in [0.25, 0.3) is 0 Å². The van der Waals surface area contributed by atoms with Crippen molar-refractivity contribution in [1.82, 2.24) is 10.2 Å². The van der Waals surface area contributed by atoms with E-state index in [0.29, 0.717) is 19.1 Å². The van der Waals surface area contributed by atoms with Crippen LogP contribution in [0.1, 0.15) is 32.0 Å². The Morgan fingerprint density at radius 1 is 1.35 bits per heavy atom. The molecule has 3 atom stereocenters. The van der Waals surface area contributed by atoms with Gasteiger partial charge in [0.25, 0.3) is 0 Å². The van der Waals surface area contributed by atoms with Gasteiger partial charge in [-0.2, -0.15) is 0 Å². The van der Waals surface area contributed by atoms with Crippen LogP contribution in [-0.4, -0.2) is 30.5 Å². The first-order valence-corrected chi connectivity index (χ1v) is 7.44. The summed E-state index contributed by atoms with van der Waals surface area (Å²) in [6.45, 7) is 6.23. The second kappa shape index (κ2) is 5.44. The van der Waals surface area contributed by atoms with Crippen molar-refractivity contribution in [3.05, 3.63) is 29.8 Å². The zero-order valence-corrected chi connectivity index (χ0v) is 12.1. The van der Waals surface area contributed by atoms with Gasteiger partial charge in [-0.05, 0) is 42.9 Å². The normalized spacial score (nSPS) is 28.8. The first-order chi connectivity index (χ1) is 9.69. The molecule has 1 aromatic rings. The highest BCUT2D eigenvalue weighted by molar-refractivity contribution is 5.81. The quantitative estimate of drug-likeness (QED) is 0.894. The third kappa shape index (κ3) is 2.66. The molecule has 0 aromatic heterocycles. The molecule has 1 heterocycles. The van der Waals surface area contributed by atoms with E-state index in [1.165, 1.54) is 6.42 Å². The van der Waals surface area contributed by atoms with E-state index < -0.39 is 0 Å². The summed E-state index contributed by atoms with van der Waals surface area (Å²) in [5.41, 5.74) is 1.13. The van der Waals surface area contributed by atoms with Gasteiger partial charge in [0.05, 0.1) is 13.2 Å². The van der Waals surface area contributed by atoms with E-state index in [1.807, 2.05) is 36.1 Å². The highest BCUT2D eigenvalue weighted by Crippen LogP contribution is 2.40. The summed E-state index contributed by atoms with van der Waals surface area (Å²) in [4.78, 5) is 14.0. The molecular formula is C16H22N2O2. The molecule has 4 heteroatoms. The monoisotopic (exact) mass is 274 g/mol. The zero-order chi connectivity index (χ0) is 14.1. The topological polar surface area (TPSA) is 41.6 Å². The maximum absolute atomic E-state index is 12.0. The Labute approximate surface area is 120 Å². The molecule has 108 valence electrons. The lowest BCUT2D eigenvalue weighted by molar-refractivity contribution is -0.128. The molecule has 1 aliphatic heterocycles. The highest BCUT2D eigenvalue weighted by atomic mass is 16.5. The number of nitrogens with one attached hydrogen (secondary N) is 1. The fraction of sp³-hybridized carbons (Fsp3) is 0.562. The lowest BCUT2D eigenvalue weighted by Crippen LogP contribution is -2.32. The van der Waals surface area contributed by atoms with E-state index in [0.717, 1.165) is 23.8 Å². The standard InChI is InChI=1S/C16H22N2O2/c1-3-20-14-6-4-12(5-7-14)16-17-9-15(19)18(16)10-13-8-11(13)2/h4-7,11,13,16-17H,3,8-10H2,1-2H3. The molecule has 1 amide bonds. The number of benzene rings is 1. The van der Waals surface area contributed by atoms with Crippen LogP contribution in [0.5, 0.6) is 5.75 Å². The van der Waals surface area contributed by atoms with Crippen molar-refractivity contribution < 1.29 is 9.53 Å². The van der Waals surface area contributed by atoms with Crippen molar-refractivity contribution in [3.8, 4) is 5.75 Å². The molecule has 20 heavy (non-hydrogen) atoms. The van der Waals surface area contributed by atoms with Crippen molar-refractivity contribution in [1.29, 1.82) is 0 Å². The second-order valence-electron chi connectivity index (χ2n) is 5.80. The molecule has 3 rings (SSSR count). The van der Waals surface area contributed by atoms with E-state index in [1.54, 1.807) is 0 Å². The molecule has 0 spiro atoms. The fourth-order valence-corrected chi connectivity index (χ4v) is 2.86. The number of carbonyl (C=O) groups is 1. The minimum atomic E-state index is 0.0194. The van der Waals surface area contributed by atoms with Crippen LogP contribution in [0.4, 0.5) is 0 Å². The van der Waals surface area contributed by atoms with Crippen LogP contribution in [-0.2, 0) is 4.79 Å². The van der Waals surface area contributed by atoms with Crippen molar-refractivity contribution >= 4 is 5.91 Å². The highest BCUT2D eigenvalue weighted by Gasteiger charge is 2.39. The number of rotatable bonds is 5. The number of ether oxygens (including phenoxy) is 1. The largest absolute Gasteiger partial charge is 0.494 e. The second-order valence-corrected chi connectivity index (χ2v) is 5.80. The summed E-state index contributed by atoms with van der Waals surface area (Å²) in [5, 5.41) is 3.31. The molecular weight excluding hydrogens is 252 g/mol. The summed E-state index contributed by atoms with van der Waals surface area (Å²) < 4.78 is 5.46. The van der Waals surface area contributed by atoms with Crippen LogP contribution in [0.15, 0.2) is 24.3 Å². The molecule has 0 bridgehead atoms. The third-order valence-electron chi connectivity index (χ3n) is 4.29. The Bertz CT molecular complexity index is 486. The number of hydrogen-bond acceptors (Lipinski definition) is 3. The molecule has 2 aliphatic rings. The Kier molecular flexibility index (Phi) is 3.66. The van der Waals surface area contributed by atoms with Gasteiger partial charge < -0.3 is 9.64 Å². The Balaban J connectivity index is 1.72. The van der Waals surface area contributed by atoms with Crippen LogP contribution < -0.4 is 10.1 Å². The number of amides is 1. The summed E-state index contributed by atoms with van der Waals surface area (Å²) in [6.07, 6.45) is 1.27. The maximum Gasteiger partial charge on any atom is 0.238 e. The van der Waals surface area contributed by atoms with Gasteiger partial charge in [0.2, 0.25) is 5.91 Å². The molecule has 1 aromatic carbocycles. The van der Waals surface area contributed by atoms with Gasteiger partial charge in [-0.25, -0.2) is 0 Å². The molecule has 1 saturated carbocycles. The summed E-state index contributed by atoms with van der Waals surface area (Å²) >= 11 is 0. The van der Waals surface area contributed by atoms with E-state index in [4.69, 9.17) is 4.74 Å². The van der Waals surface area contributed by atoms with Crippen LogP contribution in [0.2, 0.25) is 0 Å². The van der Waals surface area contributed by atoms with Gasteiger partial charge in [-0.15, -0.1) is 0 Å². The van der Waals surface area contributed by atoms with Gasteiger partial charge in [0.1, 0.15) is 11.9 Å². The predicted octanol–water partition coefficient (Wildman–Crippen LogP) is 2.17. The summed E-state index contributed by atoms with van der Waals surface area (Å²) in [7, 11) is 0. The molecule has 0 radical (unpaired) electrons. The van der Waals surface area contributed by atoms with Gasteiger partial charge in [-0.1, -0.05) is 19.1 Å². The molecule has 3 unspecified atom stereocenters. The van der Waals surface area contributed by atoms with Gasteiger partial charge in [0, 0.05) is 6.54 Å². The van der Waals surface area contributed by atoms with Crippen molar-refractivity contribution in [2.45, 2.75) is 26.4 Å². The van der Waals surface area contributed by atoms with Gasteiger partial charge in [0.15, 0.2) is 0 Å². The zero-order valence-electron chi connectivity index (χ0n) is 12.1. The minimum absolute atomic E-state index is 0.0194. The first kappa shape index (κ1) is 13.4. The van der Waals surface area contributed by atoms with Crippen LogP contribution in [0.3, 0.4) is 0 Å². The summed E-state index contributed by atoms with van der Waals surface area (Å²) in [6, 6.07) is 8.04. The average molecular weight is 274 g/mol. The third-order valence-corrected chi connectivity index (χ3v) is 4.29. The van der Waals surface area contributed by atoms with Crippen molar-refractivity contribution in [3.63, 3.8) is 0 Å². The van der Waals surface area contributed by atoms with E-state index >= 15 is 0 Å². The Morgan fingerprint density at radius 3 is 2.65 bits per heavy atom. The SMILES string of the molecule is CCOc1ccc(C2NCC(=O)N2CC2CC2C)cc1. The number of nitrogens with zero attached hydrogens (tertiary/aromatic N) is 1. The van der Waals surface area contributed by atoms with E-state index in [2.05, 4.69) is 12.2 Å². The molecule has 2 fully saturated rings. The van der Waals surface area contributed by atoms with Gasteiger partial charge >= 0.3 is 0 Å². The van der Waals surface area contributed by atoms with Gasteiger partial charge in [-0.3, -0.25) is 10.1 Å². The van der Waals surface area contributed by atoms with E-state index in [9.17, 15) is 4.79 Å². The smallest absolute Gasteiger partial charge is 0.238 e.